The molecule has 8 heteroatoms. The number of nitrogens with zero attached hydrogens (tertiary/aromatic N) is 2. The van der Waals surface area contributed by atoms with Crippen molar-refractivity contribution in [2.45, 2.75) is 50.7 Å². The molecule has 3 rings (SSSR count). The summed E-state index contributed by atoms with van der Waals surface area (Å²) in [7, 11) is 1.90. The number of carboxylic acid groups (broad SMARTS) is 1. The van der Waals surface area contributed by atoms with Gasteiger partial charge in [-0.2, -0.15) is 11.8 Å². The third-order valence-corrected chi connectivity index (χ3v) is 7.51. The van der Waals surface area contributed by atoms with Crippen LogP contribution in [0.4, 0.5) is 4.79 Å². The van der Waals surface area contributed by atoms with Gasteiger partial charge in [0.1, 0.15) is 0 Å². The monoisotopic (exact) mass is 413 g/mol. The van der Waals surface area contributed by atoms with Gasteiger partial charge in [0.15, 0.2) is 0 Å². The van der Waals surface area contributed by atoms with Gasteiger partial charge in [-0.25, -0.2) is 4.79 Å². The lowest BCUT2D eigenvalue weighted by molar-refractivity contribution is -0.122. The average Bonchev–Trinajstić information content (AvgIpc) is 3.23. The number of piperidine rings is 1. The third-order valence-electron chi connectivity index (χ3n) is 5.42. The molecule has 2 fully saturated rings. The van der Waals surface area contributed by atoms with E-state index in [4.69, 9.17) is 9.90 Å². The van der Waals surface area contributed by atoms with Crippen LogP contribution < -0.4 is 5.32 Å². The molecular formula is C19H31N3O3S2. The second-order valence-corrected chi connectivity index (χ2v) is 9.22. The van der Waals surface area contributed by atoms with E-state index in [1.165, 1.54) is 29.2 Å². The van der Waals surface area contributed by atoms with E-state index >= 15 is 0 Å². The number of urea groups is 1. The van der Waals surface area contributed by atoms with Crippen LogP contribution in [0.25, 0.3) is 0 Å². The molecule has 2 saturated heterocycles. The van der Waals surface area contributed by atoms with Gasteiger partial charge in [0.2, 0.25) is 0 Å². The average molecular weight is 414 g/mol. The summed E-state index contributed by atoms with van der Waals surface area (Å²) in [6, 6.07) is 5.43. The Morgan fingerprint density at radius 3 is 2.52 bits per heavy atom. The van der Waals surface area contributed by atoms with E-state index in [0.717, 1.165) is 32.0 Å². The number of rotatable bonds is 4. The molecule has 0 saturated carbocycles. The number of nitrogens with one attached hydrogen (secondary N) is 1. The van der Waals surface area contributed by atoms with Crippen LogP contribution in [0.5, 0.6) is 0 Å². The number of carbonyl (C=O) groups is 2. The normalized spacial score (nSPS) is 20.2. The largest absolute Gasteiger partial charge is 0.483 e. The van der Waals surface area contributed by atoms with E-state index in [-0.39, 0.29) is 18.5 Å². The molecule has 6 nitrogen and oxygen atoms in total. The Morgan fingerprint density at radius 2 is 1.96 bits per heavy atom. The van der Waals surface area contributed by atoms with Crippen LogP contribution in [0.3, 0.4) is 0 Å². The summed E-state index contributed by atoms with van der Waals surface area (Å²) in [5, 5.41) is 12.2. The summed E-state index contributed by atoms with van der Waals surface area (Å²) in [4.78, 5) is 26.6. The van der Waals surface area contributed by atoms with E-state index in [1.807, 2.05) is 18.0 Å². The molecule has 0 bridgehead atoms. The van der Waals surface area contributed by atoms with E-state index in [2.05, 4.69) is 40.3 Å². The summed E-state index contributed by atoms with van der Waals surface area (Å²) < 4.78 is 0. The Balaban J connectivity index is 0.000000817. The van der Waals surface area contributed by atoms with E-state index in [1.54, 1.807) is 11.3 Å². The molecular weight excluding hydrogens is 382 g/mol. The minimum atomic E-state index is -0.250. The molecule has 152 valence electrons. The number of thioether (sulfide) groups is 1. The fraction of sp³-hybridized carbons (Fsp3) is 0.684. The molecule has 1 aromatic rings. The van der Waals surface area contributed by atoms with Crippen molar-refractivity contribution in [1.82, 2.24) is 15.1 Å². The molecule has 27 heavy (non-hydrogen) atoms. The number of hydrogen-bond acceptors (Lipinski definition) is 5. The van der Waals surface area contributed by atoms with Crippen molar-refractivity contribution in [2.75, 3.05) is 31.6 Å². The number of thiophene rings is 1. The van der Waals surface area contributed by atoms with Crippen molar-refractivity contribution in [3.63, 3.8) is 0 Å². The van der Waals surface area contributed by atoms with Gasteiger partial charge >= 0.3 is 6.03 Å². The molecule has 0 aromatic carbocycles. The second-order valence-electron chi connectivity index (χ2n) is 7.01. The summed E-state index contributed by atoms with van der Waals surface area (Å²) in [6.45, 7) is 4.10. The van der Waals surface area contributed by atoms with Crippen molar-refractivity contribution in [1.29, 1.82) is 0 Å². The number of likely N-dealkylation sites (tertiary alicyclic amines) is 1. The first-order valence-corrected chi connectivity index (χ1v) is 11.6. The Bertz CT molecular complexity index is 557. The van der Waals surface area contributed by atoms with Crippen LogP contribution in [0, 0.1) is 0 Å². The third kappa shape index (κ3) is 6.69. The molecule has 2 aliphatic rings. The van der Waals surface area contributed by atoms with Crippen LogP contribution in [0.1, 0.15) is 43.5 Å². The predicted molar refractivity (Wildman–Crippen MR) is 113 cm³/mol. The number of carbonyl (C=O) groups excluding carboxylic acids is 1. The van der Waals surface area contributed by atoms with E-state index in [9.17, 15) is 4.79 Å². The lowest BCUT2D eigenvalue weighted by Crippen LogP contribution is -2.51. The van der Waals surface area contributed by atoms with Gasteiger partial charge in [-0.05, 0) is 55.6 Å². The van der Waals surface area contributed by atoms with Gasteiger partial charge < -0.3 is 20.2 Å². The Labute approximate surface area is 170 Å². The Kier molecular flexibility index (Phi) is 9.44. The molecule has 0 radical (unpaired) electrons. The van der Waals surface area contributed by atoms with Gasteiger partial charge in [-0.15, -0.1) is 11.3 Å². The van der Waals surface area contributed by atoms with Gasteiger partial charge in [-0.3, -0.25) is 4.79 Å². The SMILES string of the molecule is CC(c1cccs1)N(C)C(=O)NC1CCN(C2CCSCC2)CC1.O=CO. The number of amides is 2. The van der Waals surface area contributed by atoms with Crippen molar-refractivity contribution in [3.05, 3.63) is 22.4 Å². The zero-order valence-electron chi connectivity index (χ0n) is 16.2. The molecule has 2 amide bonds. The molecule has 2 aliphatic heterocycles. The minimum Gasteiger partial charge on any atom is -0.483 e. The second kappa shape index (κ2) is 11.6. The first kappa shape index (κ1) is 22.0. The van der Waals surface area contributed by atoms with Crippen molar-refractivity contribution < 1.29 is 14.7 Å². The topological polar surface area (TPSA) is 72.9 Å². The zero-order valence-corrected chi connectivity index (χ0v) is 17.8. The highest BCUT2D eigenvalue weighted by Crippen LogP contribution is 2.26. The van der Waals surface area contributed by atoms with Crippen molar-refractivity contribution in [2.24, 2.45) is 0 Å². The predicted octanol–water partition coefficient (Wildman–Crippen LogP) is 3.51. The quantitative estimate of drug-likeness (QED) is 0.739. The lowest BCUT2D eigenvalue weighted by atomic mass is 10.0. The maximum atomic E-state index is 12.5. The highest BCUT2D eigenvalue weighted by molar-refractivity contribution is 7.99. The minimum absolute atomic E-state index is 0.0587. The molecule has 0 spiro atoms. The number of hydrogen-bond donors (Lipinski definition) is 2. The summed E-state index contributed by atoms with van der Waals surface area (Å²) in [5.41, 5.74) is 0. The van der Waals surface area contributed by atoms with E-state index < -0.39 is 0 Å². The van der Waals surface area contributed by atoms with Crippen LogP contribution in [0.15, 0.2) is 17.5 Å². The highest BCUT2D eigenvalue weighted by atomic mass is 32.2. The molecule has 3 heterocycles. The zero-order chi connectivity index (χ0) is 19.6. The maximum Gasteiger partial charge on any atom is 0.317 e. The van der Waals surface area contributed by atoms with Gasteiger partial charge in [0, 0.05) is 37.1 Å². The molecule has 1 aromatic heterocycles. The van der Waals surface area contributed by atoms with Crippen LogP contribution >= 0.6 is 23.1 Å². The fourth-order valence-electron chi connectivity index (χ4n) is 3.63. The standard InChI is InChI=1S/C18H29N3OS2.CH2O2/c1-14(17-4-3-11-24-17)20(2)18(22)19-15-5-9-21(10-6-15)16-7-12-23-13-8-16;2-1-3/h3-4,11,14-16H,5-10,12-13H2,1-2H3,(H,19,22);1H,(H,2,3). The Hall–Kier alpha value is -1.25. The smallest absolute Gasteiger partial charge is 0.317 e. The van der Waals surface area contributed by atoms with Crippen molar-refractivity contribution in [3.8, 4) is 0 Å². The molecule has 2 N–H and O–H groups in total. The van der Waals surface area contributed by atoms with Crippen LogP contribution in [0.2, 0.25) is 0 Å². The van der Waals surface area contributed by atoms with Gasteiger partial charge in [0.25, 0.3) is 6.47 Å². The first-order valence-electron chi connectivity index (χ1n) is 9.53. The van der Waals surface area contributed by atoms with Gasteiger partial charge in [0.05, 0.1) is 6.04 Å². The summed E-state index contributed by atoms with van der Waals surface area (Å²) in [5.74, 6) is 2.62. The first-order chi connectivity index (χ1) is 13.1. The molecule has 1 atom stereocenters. The summed E-state index contributed by atoms with van der Waals surface area (Å²) >= 11 is 3.80. The lowest BCUT2D eigenvalue weighted by Gasteiger charge is -2.39. The molecule has 1 unspecified atom stereocenters. The molecule has 0 aliphatic carbocycles. The van der Waals surface area contributed by atoms with Crippen LogP contribution in [-0.4, -0.2) is 71.1 Å². The van der Waals surface area contributed by atoms with Crippen LogP contribution in [-0.2, 0) is 4.79 Å². The highest BCUT2D eigenvalue weighted by Gasteiger charge is 2.28. The summed E-state index contributed by atoms with van der Waals surface area (Å²) in [6.07, 6.45) is 4.83. The van der Waals surface area contributed by atoms with Gasteiger partial charge in [-0.1, -0.05) is 6.07 Å². The maximum absolute atomic E-state index is 12.5. The van der Waals surface area contributed by atoms with Crippen molar-refractivity contribution >= 4 is 35.6 Å². The van der Waals surface area contributed by atoms with E-state index in [0.29, 0.717) is 6.04 Å². The fourth-order valence-corrected chi connectivity index (χ4v) is 5.54. The Morgan fingerprint density at radius 1 is 1.33 bits per heavy atom.